The minimum absolute atomic E-state index is 0.139. The maximum Gasteiger partial charge on any atom is 0.338 e. The van der Waals surface area contributed by atoms with E-state index < -0.39 is 0 Å². The molecule has 19 heavy (non-hydrogen) atoms. The number of methoxy groups -OCH3 is 1. The Hall–Kier alpha value is -1.88. The highest BCUT2D eigenvalue weighted by Crippen LogP contribution is 2.17. The Morgan fingerprint density at radius 3 is 2.42 bits per heavy atom. The van der Waals surface area contributed by atoms with Gasteiger partial charge in [0.1, 0.15) is 0 Å². The molecular formula is C14H20N2O3. The van der Waals surface area contributed by atoms with E-state index in [9.17, 15) is 9.59 Å². The van der Waals surface area contributed by atoms with E-state index >= 15 is 0 Å². The standard InChI is InChI=1S/C14H20N2O3/c1-8-7-11(5-6-12(8)14(18)19-4)16-13(17)9(2)10(3)15/h5-7,9-10H,15H2,1-4H3,(H,16,17). The van der Waals surface area contributed by atoms with Crippen molar-refractivity contribution in [2.75, 3.05) is 12.4 Å². The van der Waals surface area contributed by atoms with Gasteiger partial charge in [-0.05, 0) is 37.6 Å². The van der Waals surface area contributed by atoms with Crippen LogP contribution in [0.25, 0.3) is 0 Å². The van der Waals surface area contributed by atoms with Crippen LogP contribution in [0.5, 0.6) is 0 Å². The molecule has 0 saturated carbocycles. The number of carbonyl (C=O) groups is 2. The molecule has 0 fully saturated rings. The first-order chi connectivity index (χ1) is 8.86. The normalized spacial score (nSPS) is 13.5. The van der Waals surface area contributed by atoms with Crippen molar-refractivity contribution >= 4 is 17.6 Å². The number of benzene rings is 1. The van der Waals surface area contributed by atoms with Crippen LogP contribution in [0.3, 0.4) is 0 Å². The van der Waals surface area contributed by atoms with Crippen LogP contribution in [-0.2, 0) is 9.53 Å². The van der Waals surface area contributed by atoms with Crippen molar-refractivity contribution in [2.24, 2.45) is 11.7 Å². The molecule has 0 aromatic heterocycles. The molecule has 3 N–H and O–H groups in total. The highest BCUT2D eigenvalue weighted by Gasteiger charge is 2.17. The second kappa shape index (κ2) is 6.33. The van der Waals surface area contributed by atoms with E-state index in [0.717, 1.165) is 5.56 Å². The van der Waals surface area contributed by atoms with Gasteiger partial charge in [0.05, 0.1) is 18.6 Å². The number of carbonyl (C=O) groups excluding carboxylic acids is 2. The highest BCUT2D eigenvalue weighted by molar-refractivity contribution is 5.95. The second-order valence-electron chi connectivity index (χ2n) is 4.66. The Bertz CT molecular complexity index is 484. The molecule has 1 aromatic carbocycles. The van der Waals surface area contributed by atoms with Crippen molar-refractivity contribution < 1.29 is 14.3 Å². The first kappa shape index (κ1) is 15.2. The summed E-state index contributed by atoms with van der Waals surface area (Å²) in [6.07, 6.45) is 0. The molecule has 5 nitrogen and oxygen atoms in total. The van der Waals surface area contributed by atoms with Gasteiger partial charge in [0.25, 0.3) is 0 Å². The number of ether oxygens (including phenoxy) is 1. The summed E-state index contributed by atoms with van der Waals surface area (Å²) < 4.78 is 4.66. The first-order valence-electron chi connectivity index (χ1n) is 6.12. The van der Waals surface area contributed by atoms with Gasteiger partial charge in [-0.1, -0.05) is 6.92 Å². The third-order valence-corrected chi connectivity index (χ3v) is 3.10. The Balaban J connectivity index is 2.85. The van der Waals surface area contributed by atoms with Crippen LogP contribution in [0.15, 0.2) is 18.2 Å². The molecule has 0 aliphatic carbocycles. The molecule has 0 aliphatic heterocycles. The van der Waals surface area contributed by atoms with Gasteiger partial charge in [-0.15, -0.1) is 0 Å². The largest absolute Gasteiger partial charge is 0.465 e. The van der Waals surface area contributed by atoms with E-state index in [0.29, 0.717) is 11.3 Å². The fourth-order valence-corrected chi connectivity index (χ4v) is 1.58. The molecule has 0 radical (unpaired) electrons. The van der Waals surface area contributed by atoms with Gasteiger partial charge in [0, 0.05) is 11.7 Å². The Morgan fingerprint density at radius 1 is 1.32 bits per heavy atom. The molecule has 2 unspecified atom stereocenters. The van der Waals surface area contributed by atoms with Crippen LogP contribution >= 0.6 is 0 Å². The van der Waals surface area contributed by atoms with Gasteiger partial charge in [0.15, 0.2) is 0 Å². The number of esters is 1. The van der Waals surface area contributed by atoms with Crippen LogP contribution in [0.2, 0.25) is 0 Å². The van der Waals surface area contributed by atoms with Crippen LogP contribution in [0.1, 0.15) is 29.8 Å². The second-order valence-corrected chi connectivity index (χ2v) is 4.66. The van der Waals surface area contributed by atoms with Crippen molar-refractivity contribution in [1.82, 2.24) is 0 Å². The highest BCUT2D eigenvalue weighted by atomic mass is 16.5. The maximum atomic E-state index is 11.9. The maximum absolute atomic E-state index is 11.9. The van der Waals surface area contributed by atoms with Gasteiger partial charge in [0.2, 0.25) is 5.91 Å². The van der Waals surface area contributed by atoms with E-state index in [4.69, 9.17) is 5.73 Å². The summed E-state index contributed by atoms with van der Waals surface area (Å²) in [4.78, 5) is 23.3. The van der Waals surface area contributed by atoms with Gasteiger partial charge in [-0.25, -0.2) is 4.79 Å². The molecule has 1 aromatic rings. The van der Waals surface area contributed by atoms with Crippen molar-refractivity contribution in [3.05, 3.63) is 29.3 Å². The fraction of sp³-hybridized carbons (Fsp3) is 0.429. The topological polar surface area (TPSA) is 81.4 Å². The predicted octanol–water partition coefficient (Wildman–Crippen LogP) is 1.70. The van der Waals surface area contributed by atoms with Gasteiger partial charge in [-0.2, -0.15) is 0 Å². The molecule has 0 bridgehead atoms. The monoisotopic (exact) mass is 264 g/mol. The minimum atomic E-state index is -0.390. The molecule has 0 aliphatic rings. The third kappa shape index (κ3) is 3.79. The van der Waals surface area contributed by atoms with Crippen LogP contribution in [-0.4, -0.2) is 25.0 Å². The summed E-state index contributed by atoms with van der Waals surface area (Å²) in [7, 11) is 1.34. The molecule has 104 valence electrons. The van der Waals surface area contributed by atoms with Crippen LogP contribution < -0.4 is 11.1 Å². The average Bonchev–Trinajstić information content (AvgIpc) is 2.36. The fourth-order valence-electron chi connectivity index (χ4n) is 1.58. The molecule has 1 rings (SSSR count). The zero-order valence-electron chi connectivity index (χ0n) is 11.7. The van der Waals surface area contributed by atoms with E-state index in [1.807, 2.05) is 0 Å². The molecule has 1 amide bonds. The van der Waals surface area contributed by atoms with Gasteiger partial charge in [-0.3, -0.25) is 4.79 Å². The predicted molar refractivity (Wildman–Crippen MR) is 74.0 cm³/mol. The molecule has 0 heterocycles. The molecule has 2 atom stereocenters. The average molecular weight is 264 g/mol. The smallest absolute Gasteiger partial charge is 0.338 e. The number of hydrogen-bond acceptors (Lipinski definition) is 4. The van der Waals surface area contributed by atoms with Crippen molar-refractivity contribution in [3.8, 4) is 0 Å². The van der Waals surface area contributed by atoms with Crippen molar-refractivity contribution in [3.63, 3.8) is 0 Å². The summed E-state index contributed by atoms with van der Waals surface area (Å²) in [5.41, 5.74) is 7.56. The van der Waals surface area contributed by atoms with E-state index in [1.165, 1.54) is 7.11 Å². The van der Waals surface area contributed by atoms with E-state index in [1.54, 1.807) is 39.0 Å². The van der Waals surface area contributed by atoms with Crippen LogP contribution in [0, 0.1) is 12.8 Å². The van der Waals surface area contributed by atoms with Crippen LogP contribution in [0.4, 0.5) is 5.69 Å². The summed E-state index contributed by atoms with van der Waals surface area (Å²) in [5, 5.41) is 2.78. The van der Waals surface area contributed by atoms with Crippen molar-refractivity contribution in [2.45, 2.75) is 26.8 Å². The zero-order chi connectivity index (χ0) is 14.6. The number of rotatable bonds is 4. The minimum Gasteiger partial charge on any atom is -0.465 e. The van der Waals surface area contributed by atoms with E-state index in [-0.39, 0.29) is 23.8 Å². The number of nitrogens with one attached hydrogen (secondary N) is 1. The summed E-state index contributed by atoms with van der Waals surface area (Å²) in [6, 6.07) is 4.83. The number of hydrogen-bond donors (Lipinski definition) is 2. The SMILES string of the molecule is COC(=O)c1ccc(NC(=O)C(C)C(C)N)cc1C. The van der Waals surface area contributed by atoms with Gasteiger partial charge >= 0.3 is 5.97 Å². The lowest BCUT2D eigenvalue weighted by molar-refractivity contribution is -0.119. The zero-order valence-corrected chi connectivity index (χ0v) is 11.7. The Kier molecular flexibility index (Phi) is 5.06. The lowest BCUT2D eigenvalue weighted by Crippen LogP contribution is -2.34. The lowest BCUT2D eigenvalue weighted by Gasteiger charge is -2.16. The number of amides is 1. The van der Waals surface area contributed by atoms with Gasteiger partial charge < -0.3 is 15.8 Å². The molecular weight excluding hydrogens is 244 g/mol. The number of anilines is 1. The quantitative estimate of drug-likeness (QED) is 0.811. The molecule has 0 saturated heterocycles. The Morgan fingerprint density at radius 2 is 1.95 bits per heavy atom. The summed E-state index contributed by atoms with van der Waals surface area (Å²) >= 11 is 0. The first-order valence-corrected chi connectivity index (χ1v) is 6.12. The number of aryl methyl sites for hydroxylation is 1. The lowest BCUT2D eigenvalue weighted by atomic mass is 10.0. The summed E-state index contributed by atoms with van der Waals surface area (Å²) in [5.74, 6) is -0.805. The molecule has 5 heteroatoms. The molecule has 0 spiro atoms. The summed E-state index contributed by atoms with van der Waals surface area (Å²) in [6.45, 7) is 5.35. The van der Waals surface area contributed by atoms with Crippen molar-refractivity contribution in [1.29, 1.82) is 0 Å². The number of nitrogens with two attached hydrogens (primary N) is 1. The van der Waals surface area contributed by atoms with E-state index in [2.05, 4.69) is 10.1 Å². The third-order valence-electron chi connectivity index (χ3n) is 3.10. The Labute approximate surface area is 113 Å².